The van der Waals surface area contributed by atoms with Crippen molar-refractivity contribution in [3.63, 3.8) is 0 Å². The molecule has 2 aromatic carbocycles. The highest BCUT2D eigenvalue weighted by atomic mass is 16.2. The number of carbonyl (C=O) groups is 3. The minimum atomic E-state index is -0.355. The number of rotatable bonds is 7. The van der Waals surface area contributed by atoms with Gasteiger partial charge in [-0.3, -0.25) is 19.3 Å². The van der Waals surface area contributed by atoms with Gasteiger partial charge in [0.25, 0.3) is 17.7 Å². The third-order valence-corrected chi connectivity index (χ3v) is 4.67. The van der Waals surface area contributed by atoms with E-state index in [1.54, 1.807) is 48.5 Å². The number of nitriles is 2. The molecule has 0 radical (unpaired) electrons. The van der Waals surface area contributed by atoms with Crippen LogP contribution < -0.4 is 0 Å². The van der Waals surface area contributed by atoms with E-state index < -0.39 is 0 Å². The van der Waals surface area contributed by atoms with Gasteiger partial charge in [0.1, 0.15) is 0 Å². The molecule has 0 atom stereocenters. The summed E-state index contributed by atoms with van der Waals surface area (Å²) in [5.41, 5.74) is 1.79. The van der Waals surface area contributed by atoms with Gasteiger partial charge in [0.2, 0.25) is 0 Å². The lowest BCUT2D eigenvalue weighted by molar-refractivity contribution is 0.0642. The number of hydrogen-bond donors (Lipinski definition) is 0. The van der Waals surface area contributed by atoms with Crippen LogP contribution in [0.2, 0.25) is 0 Å². The summed E-state index contributed by atoms with van der Waals surface area (Å²) in [5.74, 6) is -1.00. The largest absolute Gasteiger partial charge is 0.337 e. The molecule has 0 bridgehead atoms. The van der Waals surface area contributed by atoms with Gasteiger partial charge < -0.3 is 4.90 Å². The molecule has 0 N–H and O–H groups in total. The number of benzene rings is 2. The van der Waals surface area contributed by atoms with Crippen molar-refractivity contribution in [1.29, 1.82) is 10.5 Å². The van der Waals surface area contributed by atoms with E-state index >= 15 is 0 Å². The Labute approximate surface area is 168 Å². The van der Waals surface area contributed by atoms with E-state index in [4.69, 9.17) is 10.5 Å². The molecule has 0 aliphatic carbocycles. The Morgan fingerprint density at radius 1 is 0.897 bits per heavy atom. The molecule has 0 fully saturated rings. The molecule has 144 valence electrons. The Hall–Kier alpha value is -3.97. The van der Waals surface area contributed by atoms with Crippen LogP contribution in [0.15, 0.2) is 48.5 Å². The summed E-state index contributed by atoms with van der Waals surface area (Å²) in [7, 11) is 0. The maximum atomic E-state index is 12.8. The molecule has 7 nitrogen and oxygen atoms in total. The molecule has 0 saturated heterocycles. The van der Waals surface area contributed by atoms with Gasteiger partial charge >= 0.3 is 0 Å². The summed E-state index contributed by atoms with van der Waals surface area (Å²) in [6.07, 6.45) is 0.345. The zero-order valence-electron chi connectivity index (χ0n) is 15.7. The van der Waals surface area contributed by atoms with Crippen LogP contribution in [0.3, 0.4) is 0 Å². The zero-order chi connectivity index (χ0) is 20.8. The lowest BCUT2D eigenvalue weighted by Crippen LogP contribution is -2.33. The van der Waals surface area contributed by atoms with Crippen molar-refractivity contribution in [3.8, 4) is 12.1 Å². The second kappa shape index (κ2) is 8.81. The highest BCUT2D eigenvalue weighted by Crippen LogP contribution is 2.24. The Balaban J connectivity index is 1.78. The van der Waals surface area contributed by atoms with Gasteiger partial charge in [-0.05, 0) is 29.8 Å². The van der Waals surface area contributed by atoms with Crippen molar-refractivity contribution >= 4 is 17.7 Å². The third kappa shape index (κ3) is 4.15. The third-order valence-electron chi connectivity index (χ3n) is 4.67. The number of hydrogen-bond acceptors (Lipinski definition) is 5. The quantitative estimate of drug-likeness (QED) is 0.680. The van der Waals surface area contributed by atoms with Gasteiger partial charge in [-0.2, -0.15) is 10.5 Å². The summed E-state index contributed by atoms with van der Waals surface area (Å²) in [5, 5.41) is 17.6. The van der Waals surface area contributed by atoms with E-state index in [1.165, 1.54) is 4.90 Å². The van der Waals surface area contributed by atoms with Gasteiger partial charge in [-0.15, -0.1) is 0 Å². The van der Waals surface area contributed by atoms with Crippen molar-refractivity contribution in [2.45, 2.75) is 19.4 Å². The summed E-state index contributed by atoms with van der Waals surface area (Å²) in [4.78, 5) is 40.5. The van der Waals surface area contributed by atoms with Crippen molar-refractivity contribution in [1.82, 2.24) is 9.80 Å². The van der Waals surface area contributed by atoms with E-state index in [0.29, 0.717) is 22.3 Å². The fourth-order valence-corrected chi connectivity index (χ4v) is 3.24. The van der Waals surface area contributed by atoms with Crippen LogP contribution in [0.25, 0.3) is 0 Å². The van der Waals surface area contributed by atoms with Gasteiger partial charge in [0.05, 0.1) is 42.7 Å². The first-order valence-electron chi connectivity index (χ1n) is 9.14. The molecule has 0 unspecified atom stereocenters. The predicted molar refractivity (Wildman–Crippen MR) is 103 cm³/mol. The minimum Gasteiger partial charge on any atom is -0.337 e. The summed E-state index contributed by atoms with van der Waals surface area (Å²) < 4.78 is 0. The smallest absolute Gasteiger partial charge is 0.261 e. The van der Waals surface area contributed by atoms with Crippen LogP contribution in [0, 0.1) is 22.7 Å². The van der Waals surface area contributed by atoms with E-state index in [9.17, 15) is 14.4 Å². The lowest BCUT2D eigenvalue weighted by atomic mass is 10.1. The van der Waals surface area contributed by atoms with Crippen LogP contribution in [0.5, 0.6) is 0 Å². The van der Waals surface area contributed by atoms with Crippen LogP contribution in [-0.4, -0.2) is 40.6 Å². The molecule has 1 heterocycles. The normalized spacial score (nSPS) is 12.3. The molecule has 29 heavy (non-hydrogen) atoms. The van der Waals surface area contributed by atoms with Gasteiger partial charge in [-0.25, -0.2) is 0 Å². The SMILES string of the molecule is N#CCCN(CCC#N)C(=O)c1cccc(CN2C(=O)c3ccccc3C2=O)c1. The molecule has 0 spiro atoms. The number of amides is 3. The van der Waals surface area contributed by atoms with Crippen LogP contribution >= 0.6 is 0 Å². The second-order valence-corrected chi connectivity index (χ2v) is 6.55. The first-order valence-corrected chi connectivity index (χ1v) is 9.14. The Bertz CT molecular complexity index is 996. The summed E-state index contributed by atoms with van der Waals surface area (Å²) >= 11 is 0. The maximum Gasteiger partial charge on any atom is 0.261 e. The monoisotopic (exact) mass is 386 g/mol. The Morgan fingerprint density at radius 3 is 2.03 bits per heavy atom. The molecular weight excluding hydrogens is 368 g/mol. The molecule has 2 aromatic rings. The van der Waals surface area contributed by atoms with Gasteiger partial charge in [-0.1, -0.05) is 24.3 Å². The molecule has 1 aliphatic heterocycles. The van der Waals surface area contributed by atoms with Crippen molar-refractivity contribution in [2.24, 2.45) is 0 Å². The van der Waals surface area contributed by atoms with E-state index in [1.807, 2.05) is 12.1 Å². The second-order valence-electron chi connectivity index (χ2n) is 6.55. The topological polar surface area (TPSA) is 105 Å². The highest BCUT2D eigenvalue weighted by molar-refractivity contribution is 6.21. The number of carbonyl (C=O) groups excluding carboxylic acids is 3. The summed E-state index contributed by atoms with van der Waals surface area (Å²) in [6.45, 7) is 0.531. The highest BCUT2D eigenvalue weighted by Gasteiger charge is 2.35. The van der Waals surface area contributed by atoms with Crippen LogP contribution in [-0.2, 0) is 6.54 Å². The van der Waals surface area contributed by atoms with Crippen molar-refractivity contribution in [3.05, 3.63) is 70.8 Å². The van der Waals surface area contributed by atoms with Crippen LogP contribution in [0.4, 0.5) is 0 Å². The number of nitrogens with zero attached hydrogens (tertiary/aromatic N) is 4. The maximum absolute atomic E-state index is 12.8. The van der Waals surface area contributed by atoms with E-state index in [0.717, 1.165) is 4.90 Å². The van der Waals surface area contributed by atoms with E-state index in [2.05, 4.69) is 0 Å². The average Bonchev–Trinajstić information content (AvgIpc) is 2.99. The fourth-order valence-electron chi connectivity index (χ4n) is 3.24. The summed E-state index contributed by atoms with van der Waals surface area (Å²) in [6, 6.07) is 17.4. The molecule has 1 aliphatic rings. The number of imide groups is 1. The molecule has 0 saturated carbocycles. The molecule has 3 rings (SSSR count). The number of fused-ring (bicyclic) bond motifs is 1. The Kier molecular flexibility index (Phi) is 6.01. The predicted octanol–water partition coefficient (Wildman–Crippen LogP) is 2.75. The van der Waals surface area contributed by atoms with E-state index in [-0.39, 0.29) is 50.2 Å². The molecule has 3 amide bonds. The first-order chi connectivity index (χ1) is 14.1. The average molecular weight is 386 g/mol. The molecule has 7 heteroatoms. The fraction of sp³-hybridized carbons (Fsp3) is 0.227. The first kappa shape index (κ1) is 19.8. The van der Waals surface area contributed by atoms with Crippen LogP contribution in [0.1, 0.15) is 49.5 Å². The van der Waals surface area contributed by atoms with Crippen molar-refractivity contribution < 1.29 is 14.4 Å². The van der Waals surface area contributed by atoms with Crippen molar-refractivity contribution in [2.75, 3.05) is 13.1 Å². The minimum absolute atomic E-state index is 0.0594. The molecular formula is C22H18N4O3. The van der Waals surface area contributed by atoms with Gasteiger partial charge in [0, 0.05) is 18.7 Å². The molecule has 0 aromatic heterocycles. The standard InChI is InChI=1S/C22H18N4O3/c23-10-4-12-25(13-5-11-24)20(27)17-7-3-6-16(14-17)15-26-21(28)18-8-1-2-9-19(18)22(26)29/h1-3,6-9,14H,4-5,12-13,15H2. The lowest BCUT2D eigenvalue weighted by Gasteiger charge is -2.21. The van der Waals surface area contributed by atoms with Gasteiger partial charge in [0.15, 0.2) is 0 Å². The zero-order valence-corrected chi connectivity index (χ0v) is 15.7. The Morgan fingerprint density at radius 2 is 1.48 bits per heavy atom.